The Morgan fingerprint density at radius 3 is 2.58 bits per heavy atom. The summed E-state index contributed by atoms with van der Waals surface area (Å²) in [4.78, 5) is 26.7. The van der Waals surface area contributed by atoms with Gasteiger partial charge in [0.15, 0.2) is 16.6 Å². The number of thiazole rings is 1. The molecule has 104 valence electrons. The molecule has 5 nitrogen and oxygen atoms in total. The largest absolute Gasteiger partial charge is 0.476 e. The summed E-state index contributed by atoms with van der Waals surface area (Å²) in [5.41, 5.74) is -0.136. The van der Waals surface area contributed by atoms with Crippen LogP contribution >= 0.6 is 11.3 Å². The highest BCUT2D eigenvalue weighted by molar-refractivity contribution is 7.17. The smallest absolute Gasteiger partial charge is 0.356 e. The molecule has 1 aliphatic rings. The number of carbonyl (C=O) groups is 2. The van der Waals surface area contributed by atoms with E-state index in [-0.39, 0.29) is 16.4 Å². The highest BCUT2D eigenvalue weighted by atomic mass is 32.1. The Morgan fingerprint density at radius 2 is 2.05 bits per heavy atom. The van der Waals surface area contributed by atoms with Gasteiger partial charge in [0.25, 0.3) is 0 Å². The van der Waals surface area contributed by atoms with Gasteiger partial charge in [0, 0.05) is 13.0 Å². The third kappa shape index (κ3) is 3.12. The molecule has 1 aromatic heterocycles. The van der Waals surface area contributed by atoms with Crippen LogP contribution in [0, 0.1) is 5.92 Å². The van der Waals surface area contributed by atoms with Gasteiger partial charge in [-0.1, -0.05) is 31.1 Å². The number of hydrogen-bond donors (Lipinski definition) is 2. The molecule has 1 aromatic rings. The fraction of sp³-hybridized carbons (Fsp3) is 0.615. The maximum Gasteiger partial charge on any atom is 0.356 e. The van der Waals surface area contributed by atoms with Crippen molar-refractivity contribution in [2.45, 2.75) is 45.6 Å². The van der Waals surface area contributed by atoms with Crippen LogP contribution in [0.25, 0.3) is 0 Å². The van der Waals surface area contributed by atoms with E-state index in [2.05, 4.69) is 17.2 Å². The first kappa shape index (κ1) is 14.0. The van der Waals surface area contributed by atoms with Crippen molar-refractivity contribution >= 4 is 28.2 Å². The molecule has 2 rings (SSSR count). The molecule has 1 saturated carbocycles. The van der Waals surface area contributed by atoms with Gasteiger partial charge in [-0.25, -0.2) is 9.78 Å². The quantitative estimate of drug-likeness (QED) is 0.830. The Balaban J connectivity index is 2.18. The number of nitrogens with one attached hydrogen (secondary N) is 1. The average molecular weight is 282 g/mol. The van der Waals surface area contributed by atoms with Gasteiger partial charge in [-0.2, -0.15) is 0 Å². The molecular weight excluding hydrogens is 264 g/mol. The summed E-state index contributed by atoms with van der Waals surface area (Å²) in [6, 6.07) is 0.321. The molecule has 2 unspecified atom stereocenters. The zero-order chi connectivity index (χ0) is 14.0. The van der Waals surface area contributed by atoms with Gasteiger partial charge >= 0.3 is 5.97 Å². The highest BCUT2D eigenvalue weighted by Crippen LogP contribution is 2.30. The zero-order valence-electron chi connectivity index (χ0n) is 11.1. The fourth-order valence-electron chi connectivity index (χ4n) is 2.45. The molecular formula is C13H18N2O3S. The normalized spacial score (nSPS) is 23.1. The summed E-state index contributed by atoms with van der Waals surface area (Å²) >= 11 is 1.14. The predicted octanol–water partition coefficient (Wildman–Crippen LogP) is 3.03. The first-order valence-electron chi connectivity index (χ1n) is 6.50. The van der Waals surface area contributed by atoms with E-state index in [0.29, 0.717) is 17.1 Å². The van der Waals surface area contributed by atoms with Crippen LogP contribution in [-0.4, -0.2) is 27.9 Å². The van der Waals surface area contributed by atoms with Crippen LogP contribution in [0.15, 0.2) is 0 Å². The van der Waals surface area contributed by atoms with E-state index in [0.717, 1.165) is 17.8 Å². The van der Waals surface area contributed by atoms with Crippen molar-refractivity contribution in [3.8, 4) is 0 Å². The Hall–Kier alpha value is -1.43. The molecule has 0 aromatic carbocycles. The zero-order valence-corrected chi connectivity index (χ0v) is 11.9. The number of rotatable bonds is 4. The first-order valence-corrected chi connectivity index (χ1v) is 7.32. The van der Waals surface area contributed by atoms with E-state index >= 15 is 0 Å². The van der Waals surface area contributed by atoms with Gasteiger partial charge in [0.1, 0.15) is 4.88 Å². The molecule has 1 aliphatic carbocycles. The standard InChI is InChI=1S/C13H18N2O3S/c1-7-5-3-4-6-9(7)14-13-15-10(12(17)18)11(19-13)8(2)16/h7,9H,3-6H2,1-2H3,(H,14,15)(H,17,18). The molecule has 2 N–H and O–H groups in total. The van der Waals surface area contributed by atoms with E-state index < -0.39 is 5.97 Å². The predicted molar refractivity (Wildman–Crippen MR) is 74.1 cm³/mol. The van der Waals surface area contributed by atoms with Crippen LogP contribution < -0.4 is 5.32 Å². The number of ketones is 1. The van der Waals surface area contributed by atoms with Gasteiger partial charge in [-0.05, 0) is 18.8 Å². The summed E-state index contributed by atoms with van der Waals surface area (Å²) in [7, 11) is 0. The lowest BCUT2D eigenvalue weighted by atomic mass is 9.86. The van der Waals surface area contributed by atoms with Gasteiger partial charge in [0.2, 0.25) is 0 Å². The van der Waals surface area contributed by atoms with E-state index in [1.165, 1.54) is 26.2 Å². The van der Waals surface area contributed by atoms with Crippen LogP contribution in [0.3, 0.4) is 0 Å². The van der Waals surface area contributed by atoms with Gasteiger partial charge in [-0.3, -0.25) is 4.79 Å². The average Bonchev–Trinajstić information content (AvgIpc) is 2.76. The summed E-state index contributed by atoms with van der Waals surface area (Å²) in [6.45, 7) is 3.56. The van der Waals surface area contributed by atoms with Crippen molar-refractivity contribution in [1.29, 1.82) is 0 Å². The molecule has 0 aliphatic heterocycles. The van der Waals surface area contributed by atoms with Gasteiger partial charge in [-0.15, -0.1) is 0 Å². The first-order chi connectivity index (χ1) is 8.99. The molecule has 19 heavy (non-hydrogen) atoms. The third-order valence-corrected chi connectivity index (χ3v) is 4.66. The molecule has 1 heterocycles. The topological polar surface area (TPSA) is 79.3 Å². The fourth-order valence-corrected chi connectivity index (χ4v) is 3.37. The SMILES string of the molecule is CC(=O)c1sc(NC2CCCCC2C)nc1C(=O)O. The number of nitrogens with zero attached hydrogens (tertiary/aromatic N) is 1. The molecule has 0 saturated heterocycles. The monoisotopic (exact) mass is 282 g/mol. The summed E-state index contributed by atoms with van der Waals surface area (Å²) in [5.74, 6) is -0.849. The molecule has 0 bridgehead atoms. The maximum absolute atomic E-state index is 11.4. The van der Waals surface area contributed by atoms with Gasteiger partial charge in [0.05, 0.1) is 0 Å². The van der Waals surface area contributed by atoms with Crippen LogP contribution in [0.1, 0.15) is 59.7 Å². The van der Waals surface area contributed by atoms with Crippen molar-refractivity contribution in [2.75, 3.05) is 5.32 Å². The number of anilines is 1. The molecule has 1 fully saturated rings. The summed E-state index contributed by atoms with van der Waals surface area (Å²) in [5, 5.41) is 12.9. The third-order valence-electron chi connectivity index (χ3n) is 3.57. The lowest BCUT2D eigenvalue weighted by molar-refractivity contribution is 0.0687. The number of carboxylic acid groups (broad SMARTS) is 1. The Morgan fingerprint density at radius 1 is 1.37 bits per heavy atom. The van der Waals surface area contributed by atoms with Crippen molar-refractivity contribution in [3.05, 3.63) is 10.6 Å². The lowest BCUT2D eigenvalue weighted by Crippen LogP contribution is -2.30. The van der Waals surface area contributed by atoms with Crippen LogP contribution in [0.2, 0.25) is 0 Å². The van der Waals surface area contributed by atoms with Crippen LogP contribution in [0.5, 0.6) is 0 Å². The molecule has 0 radical (unpaired) electrons. The number of aromatic carboxylic acids is 1. The molecule has 6 heteroatoms. The minimum Gasteiger partial charge on any atom is -0.476 e. The van der Waals surface area contributed by atoms with Crippen LogP contribution in [0.4, 0.5) is 5.13 Å². The second-order valence-electron chi connectivity index (χ2n) is 5.07. The van der Waals surface area contributed by atoms with Gasteiger partial charge < -0.3 is 10.4 Å². The van der Waals surface area contributed by atoms with Crippen molar-refractivity contribution in [3.63, 3.8) is 0 Å². The Kier molecular flexibility index (Phi) is 4.19. The van der Waals surface area contributed by atoms with E-state index in [4.69, 9.17) is 5.11 Å². The maximum atomic E-state index is 11.4. The number of aromatic nitrogens is 1. The summed E-state index contributed by atoms with van der Waals surface area (Å²) < 4.78 is 0. The van der Waals surface area contributed by atoms with Crippen molar-refractivity contribution in [1.82, 2.24) is 4.98 Å². The lowest BCUT2D eigenvalue weighted by Gasteiger charge is -2.29. The Bertz CT molecular complexity index is 467. The van der Waals surface area contributed by atoms with E-state index in [1.807, 2.05) is 0 Å². The number of hydrogen-bond acceptors (Lipinski definition) is 5. The van der Waals surface area contributed by atoms with E-state index in [1.54, 1.807) is 0 Å². The number of Topliss-reactive ketones (excluding diaryl/α,β-unsaturated/α-hetero) is 1. The number of carbonyl (C=O) groups excluding carboxylic acids is 1. The Labute approximate surface area is 116 Å². The molecule has 0 amide bonds. The second-order valence-corrected chi connectivity index (χ2v) is 6.07. The number of carboxylic acids is 1. The van der Waals surface area contributed by atoms with E-state index in [9.17, 15) is 9.59 Å². The van der Waals surface area contributed by atoms with Crippen molar-refractivity contribution < 1.29 is 14.7 Å². The van der Waals surface area contributed by atoms with Crippen LogP contribution in [-0.2, 0) is 0 Å². The molecule has 0 spiro atoms. The summed E-state index contributed by atoms with van der Waals surface area (Å²) in [6.07, 6.45) is 4.67. The minimum absolute atomic E-state index is 0.136. The molecule has 2 atom stereocenters. The van der Waals surface area contributed by atoms with Crippen molar-refractivity contribution in [2.24, 2.45) is 5.92 Å². The second kappa shape index (κ2) is 5.69. The highest BCUT2D eigenvalue weighted by Gasteiger charge is 2.25. The minimum atomic E-state index is -1.15.